The molecule has 2 heteroatoms. The van der Waals surface area contributed by atoms with Crippen molar-refractivity contribution in [3.8, 4) is 0 Å². The average Bonchev–Trinajstić information content (AvgIpc) is 1.90. The van der Waals surface area contributed by atoms with Crippen molar-refractivity contribution in [1.82, 2.24) is 0 Å². The molecule has 0 aliphatic carbocycles. The van der Waals surface area contributed by atoms with Gasteiger partial charge in [0.1, 0.15) is 0 Å². The van der Waals surface area contributed by atoms with Crippen molar-refractivity contribution in [3.63, 3.8) is 0 Å². The molecule has 0 aromatic heterocycles. The molecule has 0 fully saturated rings. The summed E-state index contributed by atoms with van der Waals surface area (Å²) in [6.07, 6.45) is 2.05. The van der Waals surface area contributed by atoms with Crippen molar-refractivity contribution >= 4 is 24.4 Å². The van der Waals surface area contributed by atoms with Gasteiger partial charge in [-0.05, 0) is 30.5 Å². The van der Waals surface area contributed by atoms with E-state index in [-0.39, 0.29) is 0 Å². The smallest absolute Gasteiger partial charge is 0.0377 e. The first-order chi connectivity index (χ1) is 4.33. The van der Waals surface area contributed by atoms with Crippen LogP contribution in [-0.4, -0.2) is 6.26 Å². The molecule has 0 bridgehead atoms. The van der Waals surface area contributed by atoms with Crippen molar-refractivity contribution in [2.24, 2.45) is 0 Å². The van der Waals surface area contributed by atoms with Crippen LogP contribution in [0.1, 0.15) is 0 Å². The van der Waals surface area contributed by atoms with Crippen LogP contribution in [0.25, 0.3) is 0 Å². The molecule has 1 radical (unpaired) electrons. The Bertz CT molecular complexity index is 179. The normalized spacial score (nSPS) is 9.44. The minimum atomic E-state index is 0.910. The van der Waals surface area contributed by atoms with E-state index in [9.17, 15) is 0 Å². The van der Waals surface area contributed by atoms with Crippen LogP contribution in [0.3, 0.4) is 0 Å². The van der Waals surface area contributed by atoms with E-state index in [4.69, 9.17) is 12.6 Å². The Morgan fingerprint density at radius 1 is 1.22 bits per heavy atom. The molecule has 1 aromatic carbocycles. The van der Waals surface area contributed by atoms with Gasteiger partial charge in [-0.25, -0.2) is 0 Å². The Balaban J connectivity index is 2.88. The molecule has 0 amide bonds. The second kappa shape index (κ2) is 3.08. The van der Waals surface area contributed by atoms with Crippen molar-refractivity contribution < 1.29 is 0 Å². The van der Waals surface area contributed by atoms with Crippen molar-refractivity contribution in [2.75, 3.05) is 6.26 Å². The van der Waals surface area contributed by atoms with E-state index < -0.39 is 0 Å². The van der Waals surface area contributed by atoms with Gasteiger partial charge in [-0.3, -0.25) is 0 Å². The van der Waals surface area contributed by atoms with E-state index in [1.807, 2.05) is 24.3 Å². The molecule has 0 saturated heterocycles. The molecule has 0 spiro atoms. The van der Waals surface area contributed by atoms with Crippen LogP contribution in [-0.2, 0) is 0 Å². The first-order valence-electron chi connectivity index (χ1n) is 2.64. The fourth-order valence-corrected chi connectivity index (χ4v) is 1.12. The lowest BCUT2D eigenvalue weighted by atomic mass is 10.4. The van der Waals surface area contributed by atoms with Gasteiger partial charge in [0.2, 0.25) is 0 Å². The Kier molecular flexibility index (Phi) is 2.37. The number of hydrogen-bond donors (Lipinski definition) is 0. The maximum absolute atomic E-state index is 4.91. The Labute approximate surface area is 65.1 Å². The molecule has 0 aliphatic rings. The Hall–Kier alpha value is -0.210. The standard InChI is InChI=1S/C7H7S2/c1-9-7-4-2-6(8)3-5-7/h2-5H,1H3. The predicted molar refractivity (Wildman–Crippen MR) is 44.1 cm³/mol. The molecule has 1 aromatic rings. The largest absolute Gasteiger partial charge is 0.130 e. The van der Waals surface area contributed by atoms with Gasteiger partial charge < -0.3 is 0 Å². The Morgan fingerprint density at radius 3 is 2.22 bits per heavy atom. The van der Waals surface area contributed by atoms with Gasteiger partial charge in [0.15, 0.2) is 0 Å². The van der Waals surface area contributed by atoms with E-state index >= 15 is 0 Å². The summed E-state index contributed by atoms with van der Waals surface area (Å²) < 4.78 is 0. The first-order valence-corrected chi connectivity index (χ1v) is 4.27. The summed E-state index contributed by atoms with van der Waals surface area (Å²) in [4.78, 5) is 2.18. The van der Waals surface area contributed by atoms with Gasteiger partial charge in [0.25, 0.3) is 0 Å². The minimum absolute atomic E-state index is 0.910. The second-order valence-electron chi connectivity index (χ2n) is 1.68. The van der Waals surface area contributed by atoms with Crippen molar-refractivity contribution in [2.45, 2.75) is 9.79 Å². The fraction of sp³-hybridized carbons (Fsp3) is 0.143. The zero-order valence-electron chi connectivity index (χ0n) is 5.13. The summed E-state index contributed by atoms with van der Waals surface area (Å²) in [5.74, 6) is 0. The quantitative estimate of drug-likeness (QED) is 0.562. The molecule has 0 aliphatic heterocycles. The van der Waals surface area contributed by atoms with Gasteiger partial charge in [-0.15, -0.1) is 11.8 Å². The van der Waals surface area contributed by atoms with Crippen molar-refractivity contribution in [1.29, 1.82) is 0 Å². The van der Waals surface area contributed by atoms with E-state index in [0.717, 1.165) is 4.90 Å². The number of benzene rings is 1. The third-order valence-electron chi connectivity index (χ3n) is 1.06. The van der Waals surface area contributed by atoms with Crippen LogP contribution < -0.4 is 0 Å². The molecule has 0 heterocycles. The molecule has 9 heavy (non-hydrogen) atoms. The van der Waals surface area contributed by atoms with Gasteiger partial charge in [0, 0.05) is 9.79 Å². The van der Waals surface area contributed by atoms with Crippen LogP contribution in [0.15, 0.2) is 34.1 Å². The van der Waals surface area contributed by atoms with Crippen molar-refractivity contribution in [3.05, 3.63) is 24.3 Å². The molecule has 0 saturated carbocycles. The highest BCUT2D eigenvalue weighted by Gasteiger charge is 1.86. The zero-order valence-corrected chi connectivity index (χ0v) is 6.76. The summed E-state index contributed by atoms with van der Waals surface area (Å²) in [6, 6.07) is 7.96. The molecular weight excluding hydrogens is 148 g/mol. The molecule has 1 rings (SSSR count). The lowest BCUT2D eigenvalue weighted by molar-refractivity contribution is 1.36. The van der Waals surface area contributed by atoms with Gasteiger partial charge >= 0.3 is 0 Å². The molecule has 0 nitrogen and oxygen atoms in total. The van der Waals surface area contributed by atoms with Gasteiger partial charge in [-0.1, -0.05) is 12.6 Å². The molecular formula is C7H7S2. The van der Waals surface area contributed by atoms with Crippen LogP contribution in [0.5, 0.6) is 0 Å². The zero-order chi connectivity index (χ0) is 6.69. The molecule has 0 N–H and O–H groups in total. The molecule has 0 unspecified atom stereocenters. The maximum Gasteiger partial charge on any atom is 0.0377 e. The second-order valence-corrected chi connectivity index (χ2v) is 3.03. The van der Waals surface area contributed by atoms with Gasteiger partial charge in [-0.2, -0.15) is 0 Å². The van der Waals surface area contributed by atoms with E-state index in [1.165, 1.54) is 4.90 Å². The van der Waals surface area contributed by atoms with Crippen LogP contribution in [0.4, 0.5) is 0 Å². The summed E-state index contributed by atoms with van der Waals surface area (Å²) in [5, 5.41) is 0. The summed E-state index contributed by atoms with van der Waals surface area (Å²) in [5.41, 5.74) is 0. The first kappa shape index (κ1) is 6.90. The monoisotopic (exact) mass is 155 g/mol. The highest BCUT2D eigenvalue weighted by Crippen LogP contribution is 2.15. The van der Waals surface area contributed by atoms with Gasteiger partial charge in [0.05, 0.1) is 0 Å². The Morgan fingerprint density at radius 2 is 1.78 bits per heavy atom. The fourth-order valence-electron chi connectivity index (χ4n) is 0.576. The summed E-state index contributed by atoms with van der Waals surface area (Å²) in [7, 11) is 0. The van der Waals surface area contributed by atoms with E-state index in [1.54, 1.807) is 11.8 Å². The van der Waals surface area contributed by atoms with E-state index in [0.29, 0.717) is 0 Å². The molecule has 47 valence electrons. The van der Waals surface area contributed by atoms with Crippen LogP contribution in [0.2, 0.25) is 0 Å². The third kappa shape index (κ3) is 1.88. The predicted octanol–water partition coefficient (Wildman–Crippen LogP) is 2.96. The summed E-state index contributed by atoms with van der Waals surface area (Å²) >= 11 is 6.64. The number of rotatable bonds is 1. The maximum atomic E-state index is 4.91. The van der Waals surface area contributed by atoms with Crippen LogP contribution in [0, 0.1) is 0 Å². The summed E-state index contributed by atoms with van der Waals surface area (Å²) in [6.45, 7) is 0. The lowest BCUT2D eigenvalue weighted by Gasteiger charge is -1.92. The SMILES string of the molecule is CSc1ccc([S])cc1. The highest BCUT2D eigenvalue weighted by atomic mass is 32.2. The van der Waals surface area contributed by atoms with Crippen LogP contribution >= 0.6 is 24.4 Å². The third-order valence-corrected chi connectivity index (χ3v) is 2.08. The average molecular weight is 155 g/mol. The van der Waals surface area contributed by atoms with E-state index in [2.05, 4.69) is 6.26 Å². The lowest BCUT2D eigenvalue weighted by Crippen LogP contribution is -1.67. The molecule has 0 atom stereocenters. The number of thioether (sulfide) groups is 1. The topological polar surface area (TPSA) is 0 Å². The minimum Gasteiger partial charge on any atom is -0.130 e. The highest BCUT2D eigenvalue weighted by molar-refractivity contribution is 7.98. The number of hydrogen-bond acceptors (Lipinski definition) is 1.